The highest BCUT2D eigenvalue weighted by atomic mass is 19.1. The fourth-order valence-electron chi connectivity index (χ4n) is 2.58. The van der Waals surface area contributed by atoms with E-state index in [2.05, 4.69) is 12.2 Å². The number of nitrogens with one attached hydrogen (secondary N) is 1. The third-order valence-corrected chi connectivity index (χ3v) is 3.75. The molecule has 1 saturated carbocycles. The van der Waals surface area contributed by atoms with Gasteiger partial charge in [0.25, 0.3) is 5.69 Å². The zero-order valence-electron chi connectivity index (χ0n) is 10.4. The van der Waals surface area contributed by atoms with Crippen molar-refractivity contribution in [3.63, 3.8) is 0 Å². The fourth-order valence-corrected chi connectivity index (χ4v) is 2.58. The molecule has 1 aromatic rings. The van der Waals surface area contributed by atoms with Crippen LogP contribution in [0.1, 0.15) is 26.2 Å². The molecule has 18 heavy (non-hydrogen) atoms. The van der Waals surface area contributed by atoms with Crippen molar-refractivity contribution in [2.24, 2.45) is 11.8 Å². The van der Waals surface area contributed by atoms with Gasteiger partial charge in [0.1, 0.15) is 11.5 Å². The lowest BCUT2D eigenvalue weighted by atomic mass is 9.98. The molecule has 2 unspecified atom stereocenters. The molecule has 1 fully saturated rings. The van der Waals surface area contributed by atoms with Crippen LogP contribution in [0.3, 0.4) is 0 Å². The van der Waals surface area contributed by atoms with Gasteiger partial charge in [0.15, 0.2) is 0 Å². The largest absolute Gasteiger partial charge is 0.379 e. The number of benzene rings is 1. The molecule has 2 rings (SSSR count). The first-order chi connectivity index (χ1) is 8.58. The Morgan fingerprint density at radius 1 is 1.50 bits per heavy atom. The SMILES string of the molecule is CC1CCCC1CNc1cc(F)ccc1[N+](=O)[O-]. The summed E-state index contributed by atoms with van der Waals surface area (Å²) in [7, 11) is 0. The number of rotatable bonds is 4. The van der Waals surface area contributed by atoms with E-state index in [0.717, 1.165) is 12.5 Å². The summed E-state index contributed by atoms with van der Waals surface area (Å²) in [6.07, 6.45) is 3.55. The Morgan fingerprint density at radius 2 is 2.28 bits per heavy atom. The van der Waals surface area contributed by atoms with Crippen LogP contribution in [0.15, 0.2) is 18.2 Å². The van der Waals surface area contributed by atoms with Gasteiger partial charge in [-0.15, -0.1) is 0 Å². The van der Waals surface area contributed by atoms with Gasteiger partial charge < -0.3 is 5.32 Å². The second-order valence-electron chi connectivity index (χ2n) is 4.97. The summed E-state index contributed by atoms with van der Waals surface area (Å²) >= 11 is 0. The smallest absolute Gasteiger partial charge is 0.292 e. The van der Waals surface area contributed by atoms with Crippen molar-refractivity contribution in [2.75, 3.05) is 11.9 Å². The Bertz CT molecular complexity index is 451. The van der Waals surface area contributed by atoms with E-state index in [9.17, 15) is 14.5 Å². The third kappa shape index (κ3) is 2.78. The summed E-state index contributed by atoms with van der Waals surface area (Å²) in [6.45, 7) is 2.87. The van der Waals surface area contributed by atoms with E-state index in [0.29, 0.717) is 18.4 Å². The van der Waals surface area contributed by atoms with Crippen LogP contribution in [0.4, 0.5) is 15.8 Å². The zero-order valence-corrected chi connectivity index (χ0v) is 10.4. The van der Waals surface area contributed by atoms with Crippen LogP contribution in [-0.4, -0.2) is 11.5 Å². The average Bonchev–Trinajstić information content (AvgIpc) is 2.72. The van der Waals surface area contributed by atoms with Gasteiger partial charge in [-0.1, -0.05) is 19.8 Å². The van der Waals surface area contributed by atoms with Gasteiger partial charge in [-0.3, -0.25) is 10.1 Å². The number of halogens is 1. The molecule has 0 saturated heterocycles. The first kappa shape index (κ1) is 12.8. The maximum absolute atomic E-state index is 13.1. The van der Waals surface area contributed by atoms with E-state index in [-0.39, 0.29) is 11.4 Å². The molecule has 5 heteroatoms. The topological polar surface area (TPSA) is 55.2 Å². The van der Waals surface area contributed by atoms with Crippen LogP contribution < -0.4 is 5.32 Å². The van der Waals surface area contributed by atoms with Gasteiger partial charge >= 0.3 is 0 Å². The minimum Gasteiger partial charge on any atom is -0.379 e. The Hall–Kier alpha value is -1.65. The monoisotopic (exact) mass is 252 g/mol. The standard InChI is InChI=1S/C13H17FN2O2/c1-9-3-2-4-10(9)8-15-12-7-11(14)5-6-13(12)16(17)18/h5-7,9-10,15H,2-4,8H2,1H3. The van der Waals surface area contributed by atoms with E-state index in [1.54, 1.807) is 0 Å². The predicted octanol–water partition coefficient (Wildman–Crippen LogP) is 3.58. The van der Waals surface area contributed by atoms with Crippen LogP contribution in [0.5, 0.6) is 0 Å². The number of anilines is 1. The van der Waals surface area contributed by atoms with E-state index in [1.807, 2.05) is 0 Å². The molecule has 4 nitrogen and oxygen atoms in total. The second kappa shape index (κ2) is 5.33. The number of nitrogens with zero attached hydrogens (tertiary/aromatic N) is 1. The molecule has 0 spiro atoms. The Labute approximate surface area is 105 Å². The lowest BCUT2D eigenvalue weighted by Gasteiger charge is -2.16. The van der Waals surface area contributed by atoms with Crippen molar-refractivity contribution in [3.05, 3.63) is 34.1 Å². The van der Waals surface area contributed by atoms with Crippen molar-refractivity contribution in [1.82, 2.24) is 0 Å². The lowest BCUT2D eigenvalue weighted by Crippen LogP contribution is -2.17. The molecule has 0 heterocycles. The molecule has 1 aliphatic carbocycles. The first-order valence-electron chi connectivity index (χ1n) is 6.25. The summed E-state index contributed by atoms with van der Waals surface area (Å²) in [4.78, 5) is 10.4. The van der Waals surface area contributed by atoms with Crippen LogP contribution in [0.2, 0.25) is 0 Å². The van der Waals surface area contributed by atoms with Crippen molar-refractivity contribution in [2.45, 2.75) is 26.2 Å². The summed E-state index contributed by atoms with van der Waals surface area (Å²) in [6, 6.07) is 3.51. The van der Waals surface area contributed by atoms with Crippen molar-refractivity contribution in [1.29, 1.82) is 0 Å². The second-order valence-corrected chi connectivity index (χ2v) is 4.97. The quantitative estimate of drug-likeness (QED) is 0.658. The highest BCUT2D eigenvalue weighted by Gasteiger charge is 2.24. The van der Waals surface area contributed by atoms with E-state index in [4.69, 9.17) is 0 Å². The third-order valence-electron chi connectivity index (χ3n) is 3.75. The number of nitro groups is 1. The molecule has 0 bridgehead atoms. The number of hydrogen-bond donors (Lipinski definition) is 1. The molecule has 98 valence electrons. The zero-order chi connectivity index (χ0) is 13.1. The molecule has 1 N–H and O–H groups in total. The van der Waals surface area contributed by atoms with Crippen LogP contribution in [0.25, 0.3) is 0 Å². The Balaban J connectivity index is 2.08. The highest BCUT2D eigenvalue weighted by molar-refractivity contribution is 5.61. The van der Waals surface area contributed by atoms with Gasteiger partial charge in [-0.05, 0) is 24.3 Å². The predicted molar refractivity (Wildman–Crippen MR) is 68.0 cm³/mol. The lowest BCUT2D eigenvalue weighted by molar-refractivity contribution is -0.384. The average molecular weight is 252 g/mol. The van der Waals surface area contributed by atoms with Crippen molar-refractivity contribution in [3.8, 4) is 0 Å². The van der Waals surface area contributed by atoms with Crippen molar-refractivity contribution < 1.29 is 9.31 Å². The molecule has 1 aliphatic rings. The number of hydrogen-bond acceptors (Lipinski definition) is 3. The molecule has 0 aliphatic heterocycles. The first-order valence-corrected chi connectivity index (χ1v) is 6.25. The van der Waals surface area contributed by atoms with Gasteiger partial charge in [0.05, 0.1) is 4.92 Å². The Kier molecular flexibility index (Phi) is 3.79. The summed E-state index contributed by atoms with van der Waals surface area (Å²) in [5, 5.41) is 13.9. The molecular formula is C13H17FN2O2. The highest BCUT2D eigenvalue weighted by Crippen LogP contribution is 2.32. The molecule has 0 amide bonds. The minimum absolute atomic E-state index is 0.0675. The van der Waals surface area contributed by atoms with Gasteiger partial charge in [-0.2, -0.15) is 0 Å². The molecule has 1 aromatic carbocycles. The summed E-state index contributed by atoms with van der Waals surface area (Å²) in [5.41, 5.74) is 0.209. The minimum atomic E-state index is -0.486. The summed E-state index contributed by atoms with van der Waals surface area (Å²) in [5.74, 6) is 0.695. The maximum Gasteiger partial charge on any atom is 0.292 e. The van der Waals surface area contributed by atoms with Crippen LogP contribution in [0, 0.1) is 27.8 Å². The van der Waals surface area contributed by atoms with E-state index >= 15 is 0 Å². The summed E-state index contributed by atoms with van der Waals surface area (Å²) < 4.78 is 13.1. The molecule has 2 atom stereocenters. The van der Waals surface area contributed by atoms with E-state index < -0.39 is 10.7 Å². The fraction of sp³-hybridized carbons (Fsp3) is 0.538. The van der Waals surface area contributed by atoms with Gasteiger partial charge in [-0.25, -0.2) is 4.39 Å². The van der Waals surface area contributed by atoms with Crippen molar-refractivity contribution >= 4 is 11.4 Å². The van der Waals surface area contributed by atoms with E-state index in [1.165, 1.54) is 25.0 Å². The molecule has 0 radical (unpaired) electrons. The van der Waals surface area contributed by atoms with Gasteiger partial charge in [0.2, 0.25) is 0 Å². The maximum atomic E-state index is 13.1. The number of nitro benzene ring substituents is 1. The molecular weight excluding hydrogens is 235 g/mol. The normalized spacial score (nSPS) is 23.0. The Morgan fingerprint density at radius 3 is 2.89 bits per heavy atom. The van der Waals surface area contributed by atoms with Crippen LogP contribution >= 0.6 is 0 Å². The van der Waals surface area contributed by atoms with Crippen LogP contribution in [-0.2, 0) is 0 Å². The molecule has 0 aromatic heterocycles. The van der Waals surface area contributed by atoms with Gasteiger partial charge in [0, 0.05) is 18.7 Å².